The van der Waals surface area contributed by atoms with Crippen molar-refractivity contribution in [2.45, 2.75) is 46.7 Å². The van der Waals surface area contributed by atoms with E-state index >= 15 is 0 Å². The van der Waals surface area contributed by atoms with Crippen LogP contribution in [0.3, 0.4) is 0 Å². The highest BCUT2D eigenvalue weighted by molar-refractivity contribution is 5.42. The number of hydrogen-bond donors (Lipinski definition) is 1. The maximum Gasteiger partial charge on any atom is 0.129 e. The summed E-state index contributed by atoms with van der Waals surface area (Å²) in [6, 6.07) is 4.78. The molecule has 0 spiro atoms. The number of rotatable bonds is 9. The average molecular weight is 279 g/mol. The summed E-state index contributed by atoms with van der Waals surface area (Å²) in [7, 11) is 1.74. The van der Waals surface area contributed by atoms with Crippen molar-refractivity contribution in [1.29, 1.82) is 0 Å². The molecule has 0 saturated heterocycles. The van der Waals surface area contributed by atoms with E-state index in [4.69, 9.17) is 9.72 Å². The number of methoxy groups -OCH3 is 1. The smallest absolute Gasteiger partial charge is 0.129 e. The number of aryl methyl sites for hydroxylation is 1. The summed E-state index contributed by atoms with van der Waals surface area (Å²) >= 11 is 0. The Morgan fingerprint density at radius 1 is 1.35 bits per heavy atom. The second-order valence-corrected chi connectivity index (χ2v) is 5.14. The minimum atomic E-state index is 0.469. The molecule has 1 heterocycles. The molecule has 20 heavy (non-hydrogen) atoms. The van der Waals surface area contributed by atoms with Crippen LogP contribution in [0.4, 0.5) is 5.82 Å². The summed E-state index contributed by atoms with van der Waals surface area (Å²) in [5.74, 6) is 1.05. The van der Waals surface area contributed by atoms with Crippen molar-refractivity contribution in [2.75, 3.05) is 31.7 Å². The van der Waals surface area contributed by atoms with Gasteiger partial charge in [-0.2, -0.15) is 0 Å². The Bertz CT molecular complexity index is 395. The van der Waals surface area contributed by atoms with Gasteiger partial charge in [0, 0.05) is 31.9 Å². The Morgan fingerprint density at radius 2 is 2.10 bits per heavy atom. The molecule has 4 heteroatoms. The van der Waals surface area contributed by atoms with E-state index in [1.807, 2.05) is 0 Å². The number of pyridine rings is 1. The monoisotopic (exact) mass is 279 g/mol. The first-order valence-electron chi connectivity index (χ1n) is 7.56. The van der Waals surface area contributed by atoms with Gasteiger partial charge in [-0.15, -0.1) is 0 Å². The molecule has 0 radical (unpaired) electrons. The first-order valence-corrected chi connectivity index (χ1v) is 7.56. The Hall–Kier alpha value is -1.13. The molecule has 0 saturated carbocycles. The van der Waals surface area contributed by atoms with E-state index in [0.717, 1.165) is 44.2 Å². The Labute approximate surface area is 123 Å². The van der Waals surface area contributed by atoms with Crippen molar-refractivity contribution < 1.29 is 4.74 Å². The van der Waals surface area contributed by atoms with Gasteiger partial charge in [-0.25, -0.2) is 4.98 Å². The lowest BCUT2D eigenvalue weighted by atomic mass is 10.1. The van der Waals surface area contributed by atoms with E-state index in [0.29, 0.717) is 6.04 Å². The van der Waals surface area contributed by atoms with Crippen LogP contribution in [-0.4, -0.2) is 37.8 Å². The molecule has 0 fully saturated rings. The second kappa shape index (κ2) is 8.93. The van der Waals surface area contributed by atoms with Crippen molar-refractivity contribution >= 4 is 5.82 Å². The number of nitrogens with one attached hydrogen (secondary N) is 1. The van der Waals surface area contributed by atoms with Crippen LogP contribution < -0.4 is 10.2 Å². The lowest BCUT2D eigenvalue weighted by Gasteiger charge is -2.30. The lowest BCUT2D eigenvalue weighted by molar-refractivity contribution is 0.203. The molecule has 1 rings (SSSR count). The maximum atomic E-state index is 5.22. The number of hydrogen-bond acceptors (Lipinski definition) is 4. The van der Waals surface area contributed by atoms with Crippen LogP contribution in [0.25, 0.3) is 0 Å². The van der Waals surface area contributed by atoms with Crippen molar-refractivity contribution in [2.24, 2.45) is 0 Å². The molecule has 4 nitrogen and oxygen atoms in total. The topological polar surface area (TPSA) is 37.4 Å². The SMILES string of the molecule is CCNCc1ccc(N(CCOC)C(C)CC)nc1C. The molecule has 1 aromatic rings. The highest BCUT2D eigenvalue weighted by Crippen LogP contribution is 2.18. The van der Waals surface area contributed by atoms with Gasteiger partial charge in [-0.05, 0) is 38.4 Å². The van der Waals surface area contributed by atoms with Gasteiger partial charge >= 0.3 is 0 Å². The van der Waals surface area contributed by atoms with Gasteiger partial charge in [-0.1, -0.05) is 19.9 Å². The van der Waals surface area contributed by atoms with E-state index in [2.05, 4.69) is 50.0 Å². The highest BCUT2D eigenvalue weighted by atomic mass is 16.5. The molecule has 0 amide bonds. The molecule has 0 aliphatic carbocycles. The zero-order valence-electron chi connectivity index (χ0n) is 13.6. The summed E-state index contributed by atoms with van der Waals surface area (Å²) < 4.78 is 5.22. The molecular formula is C16H29N3O. The predicted octanol–water partition coefficient (Wildman–Crippen LogP) is 2.75. The molecular weight excluding hydrogens is 250 g/mol. The normalized spacial score (nSPS) is 12.4. The van der Waals surface area contributed by atoms with Gasteiger partial charge in [0.15, 0.2) is 0 Å². The van der Waals surface area contributed by atoms with Gasteiger partial charge in [0.1, 0.15) is 5.82 Å². The molecule has 114 valence electrons. The first kappa shape index (κ1) is 16.9. The number of nitrogens with zero attached hydrogens (tertiary/aromatic N) is 2. The minimum Gasteiger partial charge on any atom is -0.383 e. The van der Waals surface area contributed by atoms with Gasteiger partial charge in [0.25, 0.3) is 0 Å². The zero-order valence-corrected chi connectivity index (χ0v) is 13.6. The minimum absolute atomic E-state index is 0.469. The third-order valence-electron chi connectivity index (χ3n) is 3.70. The summed E-state index contributed by atoms with van der Waals surface area (Å²) in [4.78, 5) is 7.11. The molecule has 1 unspecified atom stereocenters. The van der Waals surface area contributed by atoms with Crippen molar-refractivity contribution in [3.05, 3.63) is 23.4 Å². The fourth-order valence-corrected chi connectivity index (χ4v) is 2.15. The third kappa shape index (κ3) is 4.76. The number of ether oxygens (including phenoxy) is 1. The fourth-order valence-electron chi connectivity index (χ4n) is 2.15. The average Bonchev–Trinajstić information content (AvgIpc) is 2.46. The van der Waals surface area contributed by atoms with Gasteiger partial charge in [-0.3, -0.25) is 0 Å². The highest BCUT2D eigenvalue weighted by Gasteiger charge is 2.14. The van der Waals surface area contributed by atoms with Crippen molar-refractivity contribution in [1.82, 2.24) is 10.3 Å². The first-order chi connectivity index (χ1) is 9.63. The van der Waals surface area contributed by atoms with Gasteiger partial charge < -0.3 is 15.0 Å². The molecule has 1 aromatic heterocycles. The summed E-state index contributed by atoms with van der Waals surface area (Å²) in [6.07, 6.45) is 1.10. The van der Waals surface area contributed by atoms with E-state index < -0.39 is 0 Å². The summed E-state index contributed by atoms with van der Waals surface area (Å²) in [6.45, 7) is 12.1. The van der Waals surface area contributed by atoms with E-state index in [-0.39, 0.29) is 0 Å². The van der Waals surface area contributed by atoms with E-state index in [9.17, 15) is 0 Å². The van der Waals surface area contributed by atoms with Crippen LogP contribution in [0.1, 0.15) is 38.4 Å². The summed E-state index contributed by atoms with van der Waals surface area (Å²) in [5, 5.41) is 3.35. The molecule has 1 N–H and O–H groups in total. The van der Waals surface area contributed by atoms with Crippen LogP contribution in [0, 0.1) is 6.92 Å². The molecule has 1 atom stereocenters. The van der Waals surface area contributed by atoms with Crippen molar-refractivity contribution in [3.63, 3.8) is 0 Å². The van der Waals surface area contributed by atoms with Crippen LogP contribution >= 0.6 is 0 Å². The van der Waals surface area contributed by atoms with Crippen molar-refractivity contribution in [3.8, 4) is 0 Å². The van der Waals surface area contributed by atoms with Gasteiger partial charge in [0.2, 0.25) is 0 Å². The Kier molecular flexibility index (Phi) is 7.55. The quantitative estimate of drug-likeness (QED) is 0.754. The maximum absolute atomic E-state index is 5.22. The zero-order chi connectivity index (χ0) is 15.0. The molecule has 0 bridgehead atoms. The predicted molar refractivity (Wildman–Crippen MR) is 85.3 cm³/mol. The van der Waals surface area contributed by atoms with Crippen LogP contribution in [-0.2, 0) is 11.3 Å². The lowest BCUT2D eigenvalue weighted by Crippen LogP contribution is -2.36. The summed E-state index contributed by atoms with van der Waals surface area (Å²) in [5.41, 5.74) is 2.38. The Morgan fingerprint density at radius 3 is 2.65 bits per heavy atom. The van der Waals surface area contributed by atoms with Crippen LogP contribution in [0.2, 0.25) is 0 Å². The van der Waals surface area contributed by atoms with Crippen LogP contribution in [0.15, 0.2) is 12.1 Å². The fraction of sp³-hybridized carbons (Fsp3) is 0.688. The number of aromatic nitrogens is 1. The van der Waals surface area contributed by atoms with E-state index in [1.54, 1.807) is 7.11 Å². The number of anilines is 1. The molecule has 0 aliphatic rings. The third-order valence-corrected chi connectivity index (χ3v) is 3.70. The van der Waals surface area contributed by atoms with Gasteiger partial charge in [0.05, 0.1) is 6.61 Å². The Balaban J connectivity index is 2.87. The second-order valence-electron chi connectivity index (χ2n) is 5.14. The largest absolute Gasteiger partial charge is 0.383 e. The van der Waals surface area contributed by atoms with E-state index in [1.165, 1.54) is 5.56 Å². The molecule has 0 aromatic carbocycles. The molecule has 0 aliphatic heterocycles. The van der Waals surface area contributed by atoms with Crippen LogP contribution in [0.5, 0.6) is 0 Å². The standard InChI is InChI=1S/C16H29N3O/c1-6-13(3)19(10-11-20-5)16-9-8-15(12-17-7-2)14(4)18-16/h8-9,13,17H,6-7,10-12H2,1-5H3.